The molecule has 0 bridgehead atoms. The van der Waals surface area contributed by atoms with Gasteiger partial charge in [-0.1, -0.05) is 6.08 Å². The molecule has 236 valence electrons. The molecule has 0 radical (unpaired) electrons. The Labute approximate surface area is 253 Å². The number of H-pyrrole nitrogens is 1. The number of benzene rings is 1. The van der Waals surface area contributed by atoms with Gasteiger partial charge in [0.15, 0.2) is 5.82 Å². The Morgan fingerprint density at radius 1 is 1.07 bits per heavy atom. The van der Waals surface area contributed by atoms with E-state index in [1.54, 1.807) is 23.3 Å². The second-order valence-electron chi connectivity index (χ2n) is 10.7. The molecule has 0 aliphatic carbocycles. The highest BCUT2D eigenvalue weighted by Crippen LogP contribution is 2.30. The highest BCUT2D eigenvalue weighted by molar-refractivity contribution is 5.91. The number of rotatable bonds is 6. The molecule has 6 rings (SSSR count). The number of ether oxygens (including phenoxy) is 1. The Morgan fingerprint density at radius 2 is 1.80 bits per heavy atom. The number of piperazine rings is 1. The first-order chi connectivity index (χ1) is 21.5. The van der Waals surface area contributed by atoms with Gasteiger partial charge in [-0.3, -0.25) is 19.5 Å². The van der Waals surface area contributed by atoms with Crippen LogP contribution in [0.4, 0.5) is 24.5 Å². The summed E-state index contributed by atoms with van der Waals surface area (Å²) in [5.74, 6) is 0.196. The number of fused-ring (bicyclic) bond motifs is 1. The Kier molecular flexibility index (Phi) is 7.86. The molecule has 0 unspecified atom stereocenters. The molecule has 0 saturated carbocycles. The van der Waals surface area contributed by atoms with Gasteiger partial charge in [-0.2, -0.15) is 22.7 Å². The van der Waals surface area contributed by atoms with E-state index < -0.39 is 23.2 Å². The van der Waals surface area contributed by atoms with Gasteiger partial charge in [0.25, 0.3) is 11.5 Å². The van der Waals surface area contributed by atoms with Crippen LogP contribution in [0.3, 0.4) is 0 Å². The van der Waals surface area contributed by atoms with Crippen molar-refractivity contribution in [2.75, 3.05) is 49.6 Å². The zero-order valence-electron chi connectivity index (χ0n) is 24.4. The molecule has 2 aliphatic rings. The van der Waals surface area contributed by atoms with E-state index in [2.05, 4.69) is 30.6 Å². The molecule has 2 amide bonds. The summed E-state index contributed by atoms with van der Waals surface area (Å²) in [5.41, 5.74) is 0.456. The minimum atomic E-state index is -4.50. The van der Waals surface area contributed by atoms with E-state index in [9.17, 15) is 27.6 Å². The SMILES string of the molecule is Cc1nc(C(=O)N2CCN(c3c(C)n(CC(=O)Nc4ccc(C(F)(F)F)cc4)c4nc(C5=CCOCC5)nn4c3=O)CC2)n[nH]1. The van der Waals surface area contributed by atoms with Crippen molar-refractivity contribution in [3.05, 3.63) is 69.4 Å². The number of halogens is 3. The Morgan fingerprint density at radius 3 is 2.42 bits per heavy atom. The van der Waals surface area contributed by atoms with Crippen LogP contribution in [0.1, 0.15) is 39.9 Å². The summed E-state index contributed by atoms with van der Waals surface area (Å²) in [7, 11) is 0. The van der Waals surface area contributed by atoms with Gasteiger partial charge in [0, 0.05) is 37.6 Å². The molecular weight excluding hydrogens is 597 g/mol. The largest absolute Gasteiger partial charge is 0.416 e. The number of aryl methyl sites for hydroxylation is 1. The van der Waals surface area contributed by atoms with Crippen molar-refractivity contribution < 1.29 is 27.5 Å². The average molecular weight is 627 g/mol. The number of amides is 2. The smallest absolute Gasteiger partial charge is 0.377 e. The number of hydrogen-bond acceptors (Lipinski definition) is 9. The van der Waals surface area contributed by atoms with Crippen molar-refractivity contribution in [1.29, 1.82) is 0 Å². The molecule has 45 heavy (non-hydrogen) atoms. The second kappa shape index (κ2) is 11.8. The maximum Gasteiger partial charge on any atom is 0.416 e. The molecule has 0 atom stereocenters. The fourth-order valence-corrected chi connectivity index (χ4v) is 5.37. The van der Waals surface area contributed by atoms with Gasteiger partial charge >= 0.3 is 6.18 Å². The van der Waals surface area contributed by atoms with Crippen LogP contribution >= 0.6 is 0 Å². The van der Waals surface area contributed by atoms with Crippen molar-refractivity contribution in [3.8, 4) is 0 Å². The molecule has 1 aromatic carbocycles. The number of anilines is 2. The highest BCUT2D eigenvalue weighted by atomic mass is 19.4. The number of alkyl halides is 3. The predicted octanol–water partition coefficient (Wildman–Crippen LogP) is 2.05. The van der Waals surface area contributed by atoms with Gasteiger partial charge in [-0.15, -0.1) is 10.2 Å². The van der Waals surface area contributed by atoms with Gasteiger partial charge in [0.2, 0.25) is 17.5 Å². The predicted molar refractivity (Wildman–Crippen MR) is 155 cm³/mol. The van der Waals surface area contributed by atoms with Crippen LogP contribution < -0.4 is 15.8 Å². The van der Waals surface area contributed by atoms with Crippen molar-refractivity contribution in [1.82, 2.24) is 39.2 Å². The Hall–Kier alpha value is -5.06. The second-order valence-corrected chi connectivity index (χ2v) is 10.7. The topological polar surface area (TPSA) is 156 Å². The quantitative estimate of drug-likeness (QED) is 0.327. The molecule has 2 aliphatic heterocycles. The number of hydrogen-bond donors (Lipinski definition) is 2. The number of aromatic amines is 1. The first-order valence-electron chi connectivity index (χ1n) is 14.2. The van der Waals surface area contributed by atoms with Crippen LogP contribution in [0.25, 0.3) is 11.4 Å². The van der Waals surface area contributed by atoms with Gasteiger partial charge in [-0.25, -0.2) is 4.98 Å². The molecule has 1 fully saturated rings. The third-order valence-corrected chi connectivity index (χ3v) is 7.69. The monoisotopic (exact) mass is 626 g/mol. The molecule has 4 aromatic rings. The van der Waals surface area contributed by atoms with Crippen molar-refractivity contribution >= 4 is 34.5 Å². The van der Waals surface area contributed by atoms with Crippen LogP contribution in [0.2, 0.25) is 0 Å². The van der Waals surface area contributed by atoms with E-state index in [4.69, 9.17) is 4.74 Å². The van der Waals surface area contributed by atoms with E-state index in [1.807, 2.05) is 11.0 Å². The molecular formula is C28H29F3N10O4. The highest BCUT2D eigenvalue weighted by Gasteiger charge is 2.31. The Bertz CT molecular complexity index is 1850. The Balaban J connectivity index is 1.31. The normalized spacial score (nSPS) is 15.8. The lowest BCUT2D eigenvalue weighted by Gasteiger charge is -2.36. The van der Waals surface area contributed by atoms with E-state index in [-0.39, 0.29) is 29.7 Å². The number of carbonyl (C=O) groups excluding carboxylic acids is 2. The van der Waals surface area contributed by atoms with Crippen LogP contribution in [0.15, 0.2) is 35.1 Å². The fraction of sp³-hybridized carbons (Fsp3) is 0.393. The lowest BCUT2D eigenvalue weighted by Crippen LogP contribution is -2.51. The van der Waals surface area contributed by atoms with Crippen LogP contribution in [0, 0.1) is 13.8 Å². The van der Waals surface area contributed by atoms with E-state index >= 15 is 0 Å². The van der Waals surface area contributed by atoms with Gasteiger partial charge < -0.3 is 24.4 Å². The minimum absolute atomic E-state index is 0.0672. The summed E-state index contributed by atoms with van der Waals surface area (Å²) in [6, 6.07) is 4.12. The summed E-state index contributed by atoms with van der Waals surface area (Å²) in [5, 5.41) is 13.7. The lowest BCUT2D eigenvalue weighted by molar-refractivity contribution is -0.137. The lowest BCUT2D eigenvalue weighted by atomic mass is 10.1. The third kappa shape index (κ3) is 6.02. The van der Waals surface area contributed by atoms with Crippen molar-refractivity contribution in [2.45, 2.75) is 33.0 Å². The molecule has 14 nitrogen and oxygen atoms in total. The maximum absolute atomic E-state index is 13.9. The van der Waals surface area contributed by atoms with Crippen LogP contribution in [0.5, 0.6) is 0 Å². The summed E-state index contributed by atoms with van der Waals surface area (Å²) >= 11 is 0. The average Bonchev–Trinajstić information content (AvgIpc) is 3.67. The maximum atomic E-state index is 13.9. The molecule has 2 N–H and O–H groups in total. The zero-order chi connectivity index (χ0) is 31.9. The van der Waals surface area contributed by atoms with E-state index in [1.165, 1.54) is 12.1 Å². The molecule has 17 heteroatoms. The number of aromatic nitrogens is 7. The number of nitrogens with zero attached hydrogens (tertiary/aromatic N) is 8. The third-order valence-electron chi connectivity index (χ3n) is 7.69. The van der Waals surface area contributed by atoms with Crippen LogP contribution in [-0.2, 0) is 22.3 Å². The minimum Gasteiger partial charge on any atom is -0.377 e. The first-order valence-corrected chi connectivity index (χ1v) is 14.2. The molecule has 5 heterocycles. The standard InChI is InChI=1S/C28H29F3N10O4/c1-16-22(38-9-11-39(12-10-38)26(44)24-32-17(2)35-36-24)25(43)41-27(34-23(37-41)18-7-13-45-14-8-18)40(16)15-21(42)33-20-5-3-19(4-6-20)28(29,30)31/h3-7H,8-15H2,1-2H3,(H,33,42)(H,32,35,36). The van der Waals surface area contributed by atoms with Crippen molar-refractivity contribution in [3.63, 3.8) is 0 Å². The fourth-order valence-electron chi connectivity index (χ4n) is 5.37. The number of nitrogens with one attached hydrogen (secondary N) is 2. The zero-order valence-corrected chi connectivity index (χ0v) is 24.4. The summed E-state index contributed by atoms with van der Waals surface area (Å²) in [6.45, 7) is 5.18. The van der Waals surface area contributed by atoms with E-state index in [0.717, 1.165) is 22.2 Å². The van der Waals surface area contributed by atoms with Crippen molar-refractivity contribution in [2.24, 2.45) is 0 Å². The van der Waals surface area contributed by atoms with Gasteiger partial charge in [0.1, 0.15) is 18.1 Å². The number of carbonyl (C=O) groups is 2. The molecule has 3 aromatic heterocycles. The summed E-state index contributed by atoms with van der Waals surface area (Å²) < 4.78 is 47.1. The summed E-state index contributed by atoms with van der Waals surface area (Å²) in [4.78, 5) is 52.1. The van der Waals surface area contributed by atoms with E-state index in [0.29, 0.717) is 68.8 Å². The molecule has 0 spiro atoms. The van der Waals surface area contributed by atoms with Crippen LogP contribution in [-0.4, -0.2) is 90.5 Å². The first kappa shape index (κ1) is 30.0. The molecule has 1 saturated heterocycles. The van der Waals surface area contributed by atoms with Gasteiger partial charge in [-0.05, 0) is 50.1 Å². The summed E-state index contributed by atoms with van der Waals surface area (Å²) in [6.07, 6.45) is -2.12. The van der Waals surface area contributed by atoms with Gasteiger partial charge in [0.05, 0.1) is 18.8 Å².